The highest BCUT2D eigenvalue weighted by Crippen LogP contribution is 2.27. The van der Waals surface area contributed by atoms with Gasteiger partial charge in [0.15, 0.2) is 0 Å². The van der Waals surface area contributed by atoms with Crippen molar-refractivity contribution < 1.29 is 4.74 Å². The number of aromatic nitrogens is 2. The molecule has 3 heterocycles. The van der Waals surface area contributed by atoms with Gasteiger partial charge in [-0.2, -0.15) is 0 Å². The summed E-state index contributed by atoms with van der Waals surface area (Å²) >= 11 is 0. The van der Waals surface area contributed by atoms with Crippen LogP contribution in [0.25, 0.3) is 0 Å². The van der Waals surface area contributed by atoms with Crippen LogP contribution in [0.3, 0.4) is 0 Å². The van der Waals surface area contributed by atoms with Crippen LogP contribution >= 0.6 is 0 Å². The van der Waals surface area contributed by atoms with Gasteiger partial charge in [0.2, 0.25) is 0 Å². The van der Waals surface area contributed by atoms with Crippen molar-refractivity contribution in [1.82, 2.24) is 14.9 Å². The first kappa shape index (κ1) is 9.36. The highest BCUT2D eigenvalue weighted by atomic mass is 16.5. The highest BCUT2D eigenvalue weighted by Gasteiger charge is 2.25. The quantitative estimate of drug-likeness (QED) is 0.784. The van der Waals surface area contributed by atoms with Crippen LogP contribution in [-0.2, 0) is 4.74 Å². The molecule has 0 bridgehead atoms. The zero-order chi connectivity index (χ0) is 10.1. The fourth-order valence-corrected chi connectivity index (χ4v) is 2.40. The monoisotopic (exact) mass is 207 g/mol. The second-order valence-corrected chi connectivity index (χ2v) is 4.42. The van der Waals surface area contributed by atoms with Gasteiger partial charge in [0, 0.05) is 50.2 Å². The van der Waals surface area contributed by atoms with Gasteiger partial charge in [0.1, 0.15) is 0 Å². The van der Waals surface area contributed by atoms with Crippen LogP contribution in [0.15, 0.2) is 12.5 Å². The molecule has 0 radical (unpaired) electrons. The first-order chi connectivity index (χ1) is 7.45. The maximum atomic E-state index is 5.39. The minimum atomic E-state index is 0.608. The molecule has 1 aromatic heterocycles. The molecule has 2 aliphatic rings. The summed E-state index contributed by atoms with van der Waals surface area (Å²) in [5.41, 5.74) is 1.40. The molecule has 4 heteroatoms. The van der Waals surface area contributed by atoms with E-state index in [1.54, 1.807) is 0 Å². The number of nitrogens with zero attached hydrogens (tertiary/aromatic N) is 2. The topological polar surface area (TPSA) is 39.1 Å². The zero-order valence-electron chi connectivity index (χ0n) is 8.85. The van der Waals surface area contributed by atoms with Gasteiger partial charge in [-0.1, -0.05) is 0 Å². The molecule has 82 valence electrons. The Bertz CT molecular complexity index is 326. The van der Waals surface area contributed by atoms with Crippen molar-refractivity contribution in [2.45, 2.75) is 24.8 Å². The summed E-state index contributed by atoms with van der Waals surface area (Å²) in [5.74, 6) is 0.676. The largest absolute Gasteiger partial charge is 0.381 e. The highest BCUT2D eigenvalue weighted by molar-refractivity contribution is 5.12. The Kier molecular flexibility index (Phi) is 2.46. The lowest BCUT2D eigenvalue weighted by Crippen LogP contribution is -2.41. The van der Waals surface area contributed by atoms with E-state index >= 15 is 0 Å². The average Bonchev–Trinajstić information content (AvgIpc) is 2.65. The molecule has 1 aromatic rings. The van der Waals surface area contributed by atoms with Crippen molar-refractivity contribution in [1.29, 1.82) is 0 Å². The maximum absolute atomic E-state index is 5.39. The van der Waals surface area contributed by atoms with Crippen molar-refractivity contribution in [2.24, 2.45) is 0 Å². The summed E-state index contributed by atoms with van der Waals surface area (Å²) in [5, 5.41) is 3.31. The van der Waals surface area contributed by atoms with E-state index in [0.29, 0.717) is 12.0 Å². The first-order valence-electron chi connectivity index (χ1n) is 5.75. The molecule has 0 aliphatic carbocycles. The van der Waals surface area contributed by atoms with Gasteiger partial charge in [0.25, 0.3) is 0 Å². The van der Waals surface area contributed by atoms with Crippen LogP contribution in [-0.4, -0.2) is 35.9 Å². The number of hydrogen-bond acceptors (Lipinski definition) is 3. The molecular weight excluding hydrogens is 190 g/mol. The second-order valence-electron chi connectivity index (χ2n) is 4.42. The molecule has 0 aromatic carbocycles. The summed E-state index contributed by atoms with van der Waals surface area (Å²) in [6.45, 7) is 4.00. The van der Waals surface area contributed by atoms with Gasteiger partial charge in [-0.3, -0.25) is 0 Å². The van der Waals surface area contributed by atoms with E-state index in [1.807, 2.05) is 12.5 Å². The van der Waals surface area contributed by atoms with Gasteiger partial charge >= 0.3 is 0 Å². The van der Waals surface area contributed by atoms with Crippen LogP contribution in [0, 0.1) is 0 Å². The zero-order valence-corrected chi connectivity index (χ0v) is 8.85. The summed E-state index contributed by atoms with van der Waals surface area (Å²) in [6.07, 6.45) is 6.28. The Hall–Kier alpha value is -0.870. The van der Waals surface area contributed by atoms with Crippen molar-refractivity contribution >= 4 is 0 Å². The van der Waals surface area contributed by atoms with E-state index in [0.717, 1.165) is 39.1 Å². The third-order valence-electron chi connectivity index (χ3n) is 3.48. The van der Waals surface area contributed by atoms with E-state index in [2.05, 4.69) is 14.9 Å². The lowest BCUT2D eigenvalue weighted by atomic mass is 9.98. The molecular formula is C11H17N3O. The predicted octanol–water partition coefficient (Wildman–Crippen LogP) is 0.921. The summed E-state index contributed by atoms with van der Waals surface area (Å²) in [7, 11) is 0. The molecule has 15 heavy (non-hydrogen) atoms. The lowest BCUT2D eigenvalue weighted by molar-refractivity contribution is 0.0683. The molecule has 0 saturated carbocycles. The van der Waals surface area contributed by atoms with Crippen molar-refractivity contribution in [3.63, 3.8) is 0 Å². The van der Waals surface area contributed by atoms with Crippen molar-refractivity contribution in [2.75, 3.05) is 26.3 Å². The van der Waals surface area contributed by atoms with Gasteiger partial charge in [-0.15, -0.1) is 0 Å². The predicted molar refractivity (Wildman–Crippen MR) is 56.9 cm³/mol. The molecule has 0 amide bonds. The normalized spacial score (nSPS) is 24.0. The van der Waals surface area contributed by atoms with Crippen molar-refractivity contribution in [3.05, 3.63) is 18.2 Å². The lowest BCUT2D eigenvalue weighted by Gasteiger charge is -2.31. The van der Waals surface area contributed by atoms with Gasteiger partial charge in [-0.05, 0) is 12.8 Å². The Balaban J connectivity index is 1.80. The van der Waals surface area contributed by atoms with E-state index in [1.165, 1.54) is 5.69 Å². The van der Waals surface area contributed by atoms with E-state index in [-0.39, 0.29) is 0 Å². The standard InChI is InChI=1S/C11H17N3O/c1-3-15-4-2-10(1)14-8-13-7-11(14)9-5-12-6-9/h7-10,12H,1-6H2. The van der Waals surface area contributed by atoms with Crippen LogP contribution in [0.1, 0.15) is 30.5 Å². The first-order valence-corrected chi connectivity index (χ1v) is 5.75. The molecule has 2 saturated heterocycles. The minimum Gasteiger partial charge on any atom is -0.381 e. The average molecular weight is 207 g/mol. The third kappa shape index (κ3) is 1.68. The van der Waals surface area contributed by atoms with Gasteiger partial charge in [-0.25, -0.2) is 4.98 Å². The number of nitrogens with one attached hydrogen (secondary N) is 1. The summed E-state index contributed by atoms with van der Waals surface area (Å²) in [6, 6.07) is 0.608. The smallest absolute Gasteiger partial charge is 0.0950 e. The molecule has 1 N–H and O–H groups in total. The van der Waals surface area contributed by atoms with Crippen LogP contribution in [0.4, 0.5) is 0 Å². The number of rotatable bonds is 2. The second kappa shape index (κ2) is 3.94. The minimum absolute atomic E-state index is 0.608. The maximum Gasteiger partial charge on any atom is 0.0950 e. The molecule has 2 aliphatic heterocycles. The summed E-state index contributed by atoms with van der Waals surface area (Å²) < 4.78 is 7.76. The van der Waals surface area contributed by atoms with Crippen molar-refractivity contribution in [3.8, 4) is 0 Å². The number of imidazole rings is 1. The molecule has 3 rings (SSSR count). The SMILES string of the molecule is c1ncn(C2CCOCC2)c1C1CNC1. The Labute approximate surface area is 89.6 Å². The molecule has 0 unspecified atom stereocenters. The van der Waals surface area contributed by atoms with Crippen LogP contribution in [0.2, 0.25) is 0 Å². The van der Waals surface area contributed by atoms with Crippen LogP contribution < -0.4 is 5.32 Å². The summed E-state index contributed by atoms with van der Waals surface area (Å²) in [4.78, 5) is 4.29. The molecule has 0 atom stereocenters. The number of ether oxygens (including phenoxy) is 1. The fourth-order valence-electron chi connectivity index (χ4n) is 2.40. The number of hydrogen-bond donors (Lipinski definition) is 1. The Morgan fingerprint density at radius 1 is 1.33 bits per heavy atom. The molecule has 2 fully saturated rings. The fraction of sp³-hybridized carbons (Fsp3) is 0.727. The Morgan fingerprint density at radius 2 is 2.13 bits per heavy atom. The van der Waals surface area contributed by atoms with Gasteiger partial charge < -0.3 is 14.6 Å². The molecule has 4 nitrogen and oxygen atoms in total. The van der Waals surface area contributed by atoms with Crippen LogP contribution in [0.5, 0.6) is 0 Å². The Morgan fingerprint density at radius 3 is 2.80 bits per heavy atom. The third-order valence-corrected chi connectivity index (χ3v) is 3.48. The van der Waals surface area contributed by atoms with E-state index < -0.39 is 0 Å². The van der Waals surface area contributed by atoms with E-state index in [4.69, 9.17) is 4.74 Å². The van der Waals surface area contributed by atoms with Gasteiger partial charge in [0.05, 0.1) is 6.33 Å². The molecule has 0 spiro atoms. The van der Waals surface area contributed by atoms with E-state index in [9.17, 15) is 0 Å².